The first-order valence-electron chi connectivity index (χ1n) is 7.88. The number of benzene rings is 1. The van der Waals surface area contributed by atoms with E-state index in [1.165, 1.54) is 23.3 Å². The molecule has 0 saturated carbocycles. The van der Waals surface area contributed by atoms with Crippen LogP contribution >= 0.6 is 11.3 Å². The molecule has 1 N–H and O–H groups in total. The van der Waals surface area contributed by atoms with E-state index in [0.717, 1.165) is 30.5 Å². The molecule has 7 heteroatoms. The van der Waals surface area contributed by atoms with Gasteiger partial charge < -0.3 is 5.32 Å². The molecule has 24 heavy (non-hydrogen) atoms. The fourth-order valence-corrected chi connectivity index (χ4v) is 4.61. The Morgan fingerprint density at radius 3 is 2.71 bits per heavy atom. The van der Waals surface area contributed by atoms with Gasteiger partial charge in [-0.15, -0.1) is 11.3 Å². The summed E-state index contributed by atoms with van der Waals surface area (Å²) in [4.78, 5) is 18.2. The van der Waals surface area contributed by atoms with Gasteiger partial charge in [0.2, 0.25) is 5.91 Å². The van der Waals surface area contributed by atoms with E-state index in [1.54, 1.807) is 23.5 Å². The van der Waals surface area contributed by atoms with Crippen molar-refractivity contribution < 1.29 is 13.2 Å². The summed E-state index contributed by atoms with van der Waals surface area (Å²) in [7, 11) is -3.21. The number of fused-ring (bicyclic) bond motifs is 1. The summed E-state index contributed by atoms with van der Waals surface area (Å²) >= 11 is 1.56. The van der Waals surface area contributed by atoms with E-state index in [9.17, 15) is 13.2 Å². The van der Waals surface area contributed by atoms with Crippen LogP contribution in [-0.4, -0.2) is 25.6 Å². The maximum absolute atomic E-state index is 12.2. The average Bonchev–Trinajstić information content (AvgIpc) is 2.87. The highest BCUT2D eigenvalue weighted by Gasteiger charge is 2.20. The lowest BCUT2D eigenvalue weighted by molar-refractivity contribution is -0.115. The molecule has 1 amide bonds. The Bertz CT molecular complexity index is 854. The fourth-order valence-electron chi connectivity index (χ4n) is 2.80. The summed E-state index contributed by atoms with van der Waals surface area (Å²) in [6.07, 6.45) is 4.53. The fraction of sp³-hybridized carbons (Fsp3) is 0.412. The zero-order valence-electron chi connectivity index (χ0n) is 13.7. The Hall–Kier alpha value is -1.73. The lowest BCUT2D eigenvalue weighted by Crippen LogP contribution is -2.14. The van der Waals surface area contributed by atoms with Crippen LogP contribution in [0.1, 0.15) is 29.5 Å². The second-order valence-corrected chi connectivity index (χ2v) is 9.48. The van der Waals surface area contributed by atoms with Crippen molar-refractivity contribution in [2.45, 2.75) is 37.5 Å². The van der Waals surface area contributed by atoms with Gasteiger partial charge in [0.15, 0.2) is 15.0 Å². The number of anilines is 1. The number of hydrogen-bond acceptors (Lipinski definition) is 5. The Labute approximate surface area is 146 Å². The number of aryl methyl sites for hydroxylation is 1. The molecule has 128 valence electrons. The molecule has 1 unspecified atom stereocenters. The molecular weight excluding hydrogens is 344 g/mol. The first-order chi connectivity index (χ1) is 11.3. The standard InChI is InChI=1S/C17H20N2O3S2/c1-11-3-8-14-15(9-11)23-17(18-14)19-16(20)10-12-4-6-13(7-5-12)24(2,21)22/h4-7,11H,3,8-10H2,1-2H3,(H,18,19,20). The van der Waals surface area contributed by atoms with Crippen LogP contribution in [0.3, 0.4) is 0 Å². The number of carbonyl (C=O) groups excluding carboxylic acids is 1. The number of sulfone groups is 1. The maximum atomic E-state index is 12.2. The van der Waals surface area contributed by atoms with Gasteiger partial charge in [-0.3, -0.25) is 4.79 Å². The van der Waals surface area contributed by atoms with Crippen LogP contribution in [-0.2, 0) is 33.9 Å². The third-order valence-electron chi connectivity index (χ3n) is 4.15. The predicted octanol–water partition coefficient (Wildman–Crippen LogP) is 2.85. The van der Waals surface area contributed by atoms with Gasteiger partial charge in [0, 0.05) is 11.1 Å². The van der Waals surface area contributed by atoms with Gasteiger partial charge in [-0.25, -0.2) is 13.4 Å². The topological polar surface area (TPSA) is 76.1 Å². The third kappa shape index (κ3) is 4.02. The molecule has 1 aromatic carbocycles. The minimum Gasteiger partial charge on any atom is -0.302 e. The van der Waals surface area contributed by atoms with E-state index in [-0.39, 0.29) is 17.2 Å². The molecule has 1 aliphatic carbocycles. The number of carbonyl (C=O) groups is 1. The minimum atomic E-state index is -3.21. The number of nitrogens with one attached hydrogen (secondary N) is 1. The molecule has 0 aliphatic heterocycles. The summed E-state index contributed by atoms with van der Waals surface area (Å²) < 4.78 is 22.9. The van der Waals surface area contributed by atoms with Gasteiger partial charge in [0.1, 0.15) is 0 Å². The summed E-state index contributed by atoms with van der Waals surface area (Å²) in [5, 5.41) is 3.52. The second kappa shape index (κ2) is 6.64. The third-order valence-corrected chi connectivity index (χ3v) is 6.31. The predicted molar refractivity (Wildman–Crippen MR) is 95.2 cm³/mol. The largest absolute Gasteiger partial charge is 0.302 e. The van der Waals surface area contributed by atoms with Gasteiger partial charge in [0.05, 0.1) is 17.0 Å². The quantitative estimate of drug-likeness (QED) is 0.905. The van der Waals surface area contributed by atoms with Crippen molar-refractivity contribution in [1.82, 2.24) is 4.98 Å². The second-order valence-electron chi connectivity index (χ2n) is 6.38. The van der Waals surface area contributed by atoms with Crippen LogP contribution in [0.2, 0.25) is 0 Å². The number of rotatable bonds is 4. The molecule has 1 aromatic heterocycles. The first kappa shape index (κ1) is 17.1. The zero-order chi connectivity index (χ0) is 17.3. The smallest absolute Gasteiger partial charge is 0.230 e. The first-order valence-corrected chi connectivity index (χ1v) is 10.6. The highest BCUT2D eigenvalue weighted by molar-refractivity contribution is 7.90. The molecule has 0 fully saturated rings. The summed E-state index contributed by atoms with van der Waals surface area (Å²) in [5.41, 5.74) is 1.89. The summed E-state index contributed by atoms with van der Waals surface area (Å²) in [5.74, 6) is 0.538. The molecule has 1 heterocycles. The Morgan fingerprint density at radius 1 is 1.33 bits per heavy atom. The van der Waals surface area contributed by atoms with Gasteiger partial charge >= 0.3 is 0 Å². The molecule has 5 nitrogen and oxygen atoms in total. The van der Waals surface area contributed by atoms with Crippen LogP contribution in [0.4, 0.5) is 5.13 Å². The molecule has 0 radical (unpaired) electrons. The molecule has 1 aliphatic rings. The van der Waals surface area contributed by atoms with E-state index in [4.69, 9.17) is 0 Å². The van der Waals surface area contributed by atoms with Crippen LogP contribution < -0.4 is 5.32 Å². The number of nitrogens with zero attached hydrogens (tertiary/aromatic N) is 1. The lowest BCUT2D eigenvalue weighted by Gasteiger charge is -2.15. The van der Waals surface area contributed by atoms with Gasteiger partial charge in [0.25, 0.3) is 0 Å². The molecule has 0 saturated heterocycles. The average molecular weight is 364 g/mol. The van der Waals surface area contributed by atoms with Crippen molar-refractivity contribution in [3.63, 3.8) is 0 Å². The van der Waals surface area contributed by atoms with Crippen LogP contribution in [0.15, 0.2) is 29.2 Å². The lowest BCUT2D eigenvalue weighted by atomic mass is 9.93. The highest BCUT2D eigenvalue weighted by atomic mass is 32.2. The number of aromatic nitrogens is 1. The summed E-state index contributed by atoms with van der Waals surface area (Å²) in [6.45, 7) is 2.24. The van der Waals surface area contributed by atoms with Crippen LogP contribution in [0, 0.1) is 5.92 Å². The monoisotopic (exact) mass is 364 g/mol. The minimum absolute atomic E-state index is 0.138. The van der Waals surface area contributed by atoms with Crippen LogP contribution in [0.5, 0.6) is 0 Å². The SMILES string of the molecule is CC1CCc2nc(NC(=O)Cc3ccc(S(C)(=O)=O)cc3)sc2C1. The molecule has 0 bridgehead atoms. The molecule has 1 atom stereocenters. The highest BCUT2D eigenvalue weighted by Crippen LogP contribution is 2.32. The number of amides is 1. The van der Waals surface area contributed by atoms with E-state index in [0.29, 0.717) is 11.0 Å². The Kier molecular flexibility index (Phi) is 4.73. The zero-order valence-corrected chi connectivity index (χ0v) is 15.3. The van der Waals surface area contributed by atoms with Crippen molar-refractivity contribution in [2.75, 3.05) is 11.6 Å². The van der Waals surface area contributed by atoms with Crippen molar-refractivity contribution in [1.29, 1.82) is 0 Å². The Balaban J connectivity index is 1.64. The molecule has 3 rings (SSSR count). The van der Waals surface area contributed by atoms with Crippen molar-refractivity contribution >= 4 is 32.2 Å². The Morgan fingerprint density at radius 2 is 2.04 bits per heavy atom. The van der Waals surface area contributed by atoms with E-state index >= 15 is 0 Å². The molecule has 0 spiro atoms. The molecular formula is C17H20N2O3S2. The van der Waals surface area contributed by atoms with Crippen molar-refractivity contribution in [2.24, 2.45) is 5.92 Å². The van der Waals surface area contributed by atoms with Crippen molar-refractivity contribution in [3.05, 3.63) is 40.4 Å². The maximum Gasteiger partial charge on any atom is 0.230 e. The van der Waals surface area contributed by atoms with Gasteiger partial charge in [-0.05, 0) is 42.9 Å². The van der Waals surface area contributed by atoms with Crippen molar-refractivity contribution in [3.8, 4) is 0 Å². The normalized spacial score (nSPS) is 17.3. The van der Waals surface area contributed by atoms with Crippen LogP contribution in [0.25, 0.3) is 0 Å². The van der Waals surface area contributed by atoms with E-state index in [2.05, 4.69) is 17.2 Å². The number of hydrogen-bond donors (Lipinski definition) is 1. The summed E-state index contributed by atoms with van der Waals surface area (Å²) in [6, 6.07) is 6.40. The van der Waals surface area contributed by atoms with E-state index < -0.39 is 9.84 Å². The van der Waals surface area contributed by atoms with Gasteiger partial charge in [-0.1, -0.05) is 19.1 Å². The molecule has 2 aromatic rings. The number of thiazole rings is 1. The van der Waals surface area contributed by atoms with Gasteiger partial charge in [-0.2, -0.15) is 0 Å². The van der Waals surface area contributed by atoms with E-state index in [1.807, 2.05) is 0 Å².